The van der Waals surface area contributed by atoms with Crippen LogP contribution < -0.4 is 5.32 Å². The van der Waals surface area contributed by atoms with Crippen LogP contribution in [0, 0.1) is 5.82 Å². The van der Waals surface area contributed by atoms with Gasteiger partial charge in [0.05, 0.1) is 35.3 Å². The largest absolute Gasteiger partial charge is 0.380 e. The number of aromatic amines is 1. The summed E-state index contributed by atoms with van der Waals surface area (Å²) in [6.07, 6.45) is 4.37. The lowest BCUT2D eigenvalue weighted by molar-refractivity contribution is -0.145. The normalized spacial score (nSPS) is 14.9. The molecule has 2 N–H and O–H groups in total. The van der Waals surface area contributed by atoms with Gasteiger partial charge in [-0.1, -0.05) is 0 Å². The minimum atomic E-state index is -0.648. The van der Waals surface area contributed by atoms with Gasteiger partial charge in [0.15, 0.2) is 0 Å². The number of anilines is 1. The molecule has 0 spiro atoms. The zero-order chi connectivity index (χ0) is 27.8. The number of carbonyl (C=O) groups excluding carboxylic acids is 2. The molecule has 1 aliphatic rings. The van der Waals surface area contributed by atoms with E-state index in [-0.39, 0.29) is 30.6 Å². The van der Waals surface area contributed by atoms with Crippen molar-refractivity contribution in [3.8, 4) is 0 Å². The van der Waals surface area contributed by atoms with Gasteiger partial charge in [0.2, 0.25) is 11.8 Å². The first-order chi connectivity index (χ1) is 19.4. The maximum atomic E-state index is 14.0. The number of carbonyl (C=O) groups is 2. The van der Waals surface area contributed by atoms with Gasteiger partial charge in [0.25, 0.3) is 0 Å². The number of nitrogens with one attached hydrogen (secondary N) is 2. The first kappa shape index (κ1) is 25.9. The molecule has 0 fully saturated rings. The number of hydrogen-bond acceptors (Lipinski definition) is 7. The van der Waals surface area contributed by atoms with Gasteiger partial charge in [-0.2, -0.15) is 0 Å². The second-order valence-electron chi connectivity index (χ2n) is 10.1. The molecule has 2 amide bonds. The van der Waals surface area contributed by atoms with Gasteiger partial charge in [-0.05, 0) is 48.4 Å². The lowest BCUT2D eigenvalue weighted by atomic mass is 9.95. The number of amides is 2. The highest BCUT2D eigenvalue weighted by atomic mass is 32.1. The second-order valence-corrected chi connectivity index (χ2v) is 11.0. The summed E-state index contributed by atoms with van der Waals surface area (Å²) in [7, 11) is 3.37. The van der Waals surface area contributed by atoms with Crippen molar-refractivity contribution in [2.45, 2.75) is 38.4 Å². The van der Waals surface area contributed by atoms with Crippen LogP contribution in [0.1, 0.15) is 28.2 Å². The van der Waals surface area contributed by atoms with E-state index in [1.54, 1.807) is 54.3 Å². The molecule has 4 heterocycles. The Balaban J connectivity index is 1.16. The monoisotopic (exact) mass is 557 g/mol. The smallest absolute Gasteiger partial charge is 0.245 e. The molecule has 1 aliphatic heterocycles. The van der Waals surface area contributed by atoms with Gasteiger partial charge in [0.1, 0.15) is 11.9 Å². The van der Waals surface area contributed by atoms with Crippen LogP contribution >= 0.6 is 11.3 Å². The molecule has 0 saturated carbocycles. The van der Waals surface area contributed by atoms with E-state index in [2.05, 4.69) is 25.3 Å². The molecule has 6 rings (SSSR count). The molecule has 0 aliphatic carbocycles. The van der Waals surface area contributed by atoms with E-state index in [4.69, 9.17) is 0 Å². The van der Waals surface area contributed by atoms with Crippen LogP contribution in [0.4, 0.5) is 10.1 Å². The highest BCUT2D eigenvalue weighted by molar-refractivity contribution is 7.09. The first-order valence-electron chi connectivity index (χ1n) is 13.0. The van der Waals surface area contributed by atoms with Crippen LogP contribution in [-0.4, -0.2) is 61.7 Å². The number of aryl methyl sites for hydroxylation is 1. The second kappa shape index (κ2) is 10.6. The van der Waals surface area contributed by atoms with Crippen molar-refractivity contribution in [2.24, 2.45) is 0 Å². The molecule has 40 heavy (non-hydrogen) atoms. The Hall–Kier alpha value is -4.38. The SMILES string of the molecule is CN(C)C(=O)C1Cc2c([nH]c3ccc(F)cc23)CN1C(=O)CCc1ncsc1CNc1ccc2nccnc2c1. The molecule has 9 nitrogen and oxygen atoms in total. The summed E-state index contributed by atoms with van der Waals surface area (Å²) in [5.74, 6) is -0.592. The number of likely N-dealkylation sites (N-methyl/N-ethyl adjacent to an activating group) is 1. The molecule has 11 heteroatoms. The van der Waals surface area contributed by atoms with Crippen molar-refractivity contribution in [1.29, 1.82) is 0 Å². The Morgan fingerprint density at radius 2 is 1.95 bits per heavy atom. The number of halogens is 1. The fourth-order valence-electron chi connectivity index (χ4n) is 5.27. The topological polar surface area (TPSA) is 107 Å². The number of H-pyrrole nitrogens is 1. The number of aromatic nitrogens is 4. The Labute approximate surface area is 234 Å². The van der Waals surface area contributed by atoms with Crippen LogP contribution in [0.3, 0.4) is 0 Å². The average molecular weight is 558 g/mol. The fourth-order valence-corrected chi connectivity index (χ4v) is 6.03. The molecule has 204 valence electrons. The predicted molar refractivity (Wildman–Crippen MR) is 152 cm³/mol. The third kappa shape index (κ3) is 5.00. The van der Waals surface area contributed by atoms with Crippen LogP contribution in [-0.2, 0) is 35.5 Å². The van der Waals surface area contributed by atoms with E-state index >= 15 is 0 Å². The molecule has 1 unspecified atom stereocenters. The summed E-state index contributed by atoms with van der Waals surface area (Å²) < 4.78 is 14.0. The molecule has 5 aromatic rings. The van der Waals surface area contributed by atoms with Crippen molar-refractivity contribution in [3.63, 3.8) is 0 Å². The van der Waals surface area contributed by atoms with Crippen molar-refractivity contribution in [1.82, 2.24) is 29.7 Å². The van der Waals surface area contributed by atoms with E-state index in [9.17, 15) is 14.0 Å². The standard InChI is InChI=1S/C29H28FN7O2S/c1-36(2)29(39)26-13-20-19-11-17(30)3-5-21(19)35-25(20)15-37(26)28(38)8-7-23-27(40-16-34-23)14-33-18-4-6-22-24(12-18)32-10-9-31-22/h3-6,9-12,16,26,33,35H,7-8,13-15H2,1-2H3. The number of benzene rings is 2. The maximum absolute atomic E-state index is 14.0. The predicted octanol–water partition coefficient (Wildman–Crippen LogP) is 4.29. The Morgan fingerprint density at radius 1 is 1.12 bits per heavy atom. The third-order valence-corrected chi connectivity index (χ3v) is 8.20. The van der Waals surface area contributed by atoms with Gasteiger partial charge in [-0.25, -0.2) is 9.37 Å². The molecule has 0 radical (unpaired) electrons. The lowest BCUT2D eigenvalue weighted by Crippen LogP contribution is -2.52. The summed E-state index contributed by atoms with van der Waals surface area (Å²) in [5, 5.41) is 4.18. The average Bonchev–Trinajstić information content (AvgIpc) is 3.56. The molecule has 2 aromatic carbocycles. The van der Waals surface area contributed by atoms with Crippen molar-refractivity contribution in [3.05, 3.63) is 81.9 Å². The molecule has 3 aromatic heterocycles. The Kier molecular flexibility index (Phi) is 6.89. The van der Waals surface area contributed by atoms with Gasteiger partial charge in [-0.15, -0.1) is 11.3 Å². The lowest BCUT2D eigenvalue weighted by Gasteiger charge is -2.36. The number of rotatable bonds is 7. The summed E-state index contributed by atoms with van der Waals surface area (Å²) in [4.78, 5) is 47.4. The minimum absolute atomic E-state index is 0.115. The first-order valence-corrected chi connectivity index (χ1v) is 13.9. The van der Waals surface area contributed by atoms with E-state index in [0.29, 0.717) is 19.4 Å². The molecule has 0 bridgehead atoms. The van der Waals surface area contributed by atoms with E-state index in [1.165, 1.54) is 17.0 Å². The number of thiazole rings is 1. The summed E-state index contributed by atoms with van der Waals surface area (Å²) >= 11 is 1.54. The molecule has 0 saturated heterocycles. The number of hydrogen-bond donors (Lipinski definition) is 2. The Bertz CT molecular complexity index is 1730. The van der Waals surface area contributed by atoms with Crippen molar-refractivity contribution in [2.75, 3.05) is 19.4 Å². The van der Waals surface area contributed by atoms with E-state index in [0.717, 1.165) is 49.5 Å². The van der Waals surface area contributed by atoms with E-state index in [1.807, 2.05) is 18.2 Å². The summed E-state index contributed by atoms with van der Waals surface area (Å²) in [6, 6.07) is 9.79. The van der Waals surface area contributed by atoms with Gasteiger partial charge in [-0.3, -0.25) is 19.6 Å². The zero-order valence-corrected chi connectivity index (χ0v) is 23.0. The number of fused-ring (bicyclic) bond motifs is 4. The van der Waals surface area contributed by atoms with E-state index < -0.39 is 6.04 Å². The summed E-state index contributed by atoms with van der Waals surface area (Å²) in [6.45, 7) is 0.839. The van der Waals surface area contributed by atoms with Gasteiger partial charge < -0.3 is 20.1 Å². The van der Waals surface area contributed by atoms with Crippen LogP contribution in [0.5, 0.6) is 0 Å². The highest BCUT2D eigenvalue weighted by Crippen LogP contribution is 2.32. The zero-order valence-electron chi connectivity index (χ0n) is 22.1. The van der Waals surface area contributed by atoms with Crippen molar-refractivity contribution >= 4 is 50.8 Å². The minimum Gasteiger partial charge on any atom is -0.380 e. The molecule has 1 atom stereocenters. The fraction of sp³-hybridized carbons (Fsp3) is 0.276. The number of nitrogens with zero attached hydrogens (tertiary/aromatic N) is 5. The quantitative estimate of drug-likeness (QED) is 0.309. The maximum Gasteiger partial charge on any atom is 0.245 e. The van der Waals surface area contributed by atoms with Crippen molar-refractivity contribution < 1.29 is 14.0 Å². The third-order valence-electron chi connectivity index (χ3n) is 7.33. The molecular formula is C29H28FN7O2S. The molecular weight excluding hydrogens is 529 g/mol. The van der Waals surface area contributed by atoms with Crippen LogP contribution in [0.2, 0.25) is 0 Å². The van der Waals surface area contributed by atoms with Crippen LogP contribution in [0.25, 0.3) is 21.9 Å². The Morgan fingerprint density at radius 3 is 2.77 bits per heavy atom. The highest BCUT2D eigenvalue weighted by Gasteiger charge is 2.37. The van der Waals surface area contributed by atoms with Crippen LogP contribution in [0.15, 0.2) is 54.3 Å². The summed E-state index contributed by atoms with van der Waals surface area (Å²) in [5.41, 5.74) is 7.76. The van der Waals surface area contributed by atoms with Gasteiger partial charge in [0, 0.05) is 66.5 Å². The van der Waals surface area contributed by atoms with Gasteiger partial charge >= 0.3 is 0 Å².